The average Bonchev–Trinajstić information content (AvgIpc) is 2.99. The van der Waals surface area contributed by atoms with Crippen LogP contribution in [-0.4, -0.2) is 53.2 Å². The summed E-state index contributed by atoms with van der Waals surface area (Å²) in [6.45, 7) is 2.35. The predicted molar refractivity (Wildman–Crippen MR) is 155 cm³/mol. The van der Waals surface area contributed by atoms with Gasteiger partial charge in [-0.05, 0) is 66.6 Å². The number of ether oxygens (including phenoxy) is 1. The Hall–Kier alpha value is -4.16. The number of anilines is 2. The van der Waals surface area contributed by atoms with Gasteiger partial charge in [0, 0.05) is 43.1 Å². The van der Waals surface area contributed by atoms with Crippen molar-refractivity contribution in [1.29, 1.82) is 5.26 Å². The number of aryl methyl sites for hydroxylation is 1. The van der Waals surface area contributed by atoms with E-state index >= 15 is 0 Å². The highest BCUT2D eigenvalue weighted by atomic mass is 35.5. The first-order chi connectivity index (χ1) is 20.0. The van der Waals surface area contributed by atoms with Crippen molar-refractivity contribution < 1.29 is 13.9 Å². The van der Waals surface area contributed by atoms with Crippen molar-refractivity contribution in [2.24, 2.45) is 0 Å². The molecule has 1 saturated heterocycles. The summed E-state index contributed by atoms with van der Waals surface area (Å²) >= 11 is 6.43. The van der Waals surface area contributed by atoms with Crippen molar-refractivity contribution in [2.75, 3.05) is 36.0 Å². The van der Waals surface area contributed by atoms with Crippen LogP contribution in [0.2, 0.25) is 5.28 Å². The number of benzene rings is 2. The van der Waals surface area contributed by atoms with Crippen molar-refractivity contribution >= 4 is 35.3 Å². The predicted octanol–water partition coefficient (Wildman–Crippen LogP) is 5.75. The summed E-state index contributed by atoms with van der Waals surface area (Å²) in [5, 5.41) is 9.67. The minimum Gasteiger partial charge on any atom is -0.445 e. The van der Waals surface area contributed by atoms with Crippen LogP contribution in [0.15, 0.2) is 54.2 Å². The van der Waals surface area contributed by atoms with Crippen LogP contribution in [0.1, 0.15) is 41.6 Å². The molecular formula is C31H30ClFN6O2. The molecule has 3 aliphatic rings. The summed E-state index contributed by atoms with van der Waals surface area (Å²) < 4.78 is 19.7. The molecule has 0 spiro atoms. The molecule has 2 aromatic carbocycles. The fraction of sp³-hybridized carbons (Fsp3) is 0.355. The Morgan fingerprint density at radius 3 is 2.78 bits per heavy atom. The molecule has 1 fully saturated rings. The summed E-state index contributed by atoms with van der Waals surface area (Å²) in [6, 6.07) is 16.4. The molecule has 0 bridgehead atoms. The van der Waals surface area contributed by atoms with Gasteiger partial charge in [-0.2, -0.15) is 5.26 Å². The van der Waals surface area contributed by atoms with E-state index < -0.39 is 6.09 Å². The number of rotatable bonds is 5. The van der Waals surface area contributed by atoms with Crippen molar-refractivity contribution in [2.45, 2.75) is 44.8 Å². The standard InChI is InChI=1S/C31H30ClFN6O2/c32-30-35-27-18-24(38-14-4-7-22-8-9-23(33)17-28(22)38)10-11-26(27)29(36-30)37-15-16-39(25(19-37)12-13-34)31(40)41-20-21-5-2-1-3-6-21/h1-3,5-6,8-9,17-18,25H,4,7,10-12,14-16,19-20H2/t25-/m0/s1. The van der Waals surface area contributed by atoms with Gasteiger partial charge in [-0.25, -0.2) is 19.2 Å². The van der Waals surface area contributed by atoms with Gasteiger partial charge >= 0.3 is 6.09 Å². The highest BCUT2D eigenvalue weighted by Crippen LogP contribution is 2.37. The van der Waals surface area contributed by atoms with Gasteiger partial charge in [0.15, 0.2) is 0 Å². The largest absolute Gasteiger partial charge is 0.445 e. The number of piperazine rings is 1. The van der Waals surface area contributed by atoms with Crippen LogP contribution >= 0.6 is 11.6 Å². The quantitative estimate of drug-likeness (QED) is 0.360. The Balaban J connectivity index is 1.22. The lowest BCUT2D eigenvalue weighted by Crippen LogP contribution is -2.55. The number of aromatic nitrogens is 2. The zero-order chi connectivity index (χ0) is 28.3. The van der Waals surface area contributed by atoms with E-state index in [2.05, 4.69) is 25.8 Å². The molecule has 0 saturated carbocycles. The lowest BCUT2D eigenvalue weighted by molar-refractivity contribution is 0.0768. The second kappa shape index (κ2) is 11.8. The van der Waals surface area contributed by atoms with Crippen molar-refractivity contribution in [3.8, 4) is 6.07 Å². The Bertz CT molecular complexity index is 1520. The molecule has 3 aromatic rings. The molecule has 0 N–H and O–H groups in total. The fourth-order valence-corrected chi connectivity index (χ4v) is 6.17. The van der Waals surface area contributed by atoms with Gasteiger partial charge in [-0.3, -0.25) is 0 Å². The normalized spacial score (nSPS) is 18.2. The molecule has 1 aromatic heterocycles. The highest BCUT2D eigenvalue weighted by Gasteiger charge is 2.34. The van der Waals surface area contributed by atoms with Crippen LogP contribution in [0.5, 0.6) is 0 Å². The maximum Gasteiger partial charge on any atom is 0.410 e. The number of nitriles is 1. The Morgan fingerprint density at radius 1 is 1.10 bits per heavy atom. The molecule has 8 nitrogen and oxygen atoms in total. The molecule has 1 amide bonds. The van der Waals surface area contributed by atoms with E-state index in [-0.39, 0.29) is 30.2 Å². The topological polar surface area (TPSA) is 85.6 Å². The summed E-state index contributed by atoms with van der Waals surface area (Å²) in [7, 11) is 0. The first kappa shape index (κ1) is 27.0. The van der Waals surface area contributed by atoms with Crippen molar-refractivity contribution in [3.05, 3.63) is 87.7 Å². The molecular weight excluding hydrogens is 543 g/mol. The van der Waals surface area contributed by atoms with Gasteiger partial charge in [0.05, 0.1) is 24.2 Å². The molecule has 3 heterocycles. The third kappa shape index (κ3) is 5.70. The van der Waals surface area contributed by atoms with Crippen LogP contribution in [-0.2, 0) is 24.2 Å². The minimum atomic E-state index is -0.428. The monoisotopic (exact) mass is 572 g/mol. The van der Waals surface area contributed by atoms with Crippen LogP contribution in [0, 0.1) is 17.1 Å². The zero-order valence-corrected chi connectivity index (χ0v) is 23.4. The molecule has 6 rings (SSSR count). The summed E-state index contributed by atoms with van der Waals surface area (Å²) in [5.74, 6) is 0.496. The van der Waals surface area contributed by atoms with Gasteiger partial charge in [0.25, 0.3) is 0 Å². The van der Waals surface area contributed by atoms with E-state index in [0.717, 1.165) is 65.4 Å². The Labute approximate surface area is 243 Å². The van der Waals surface area contributed by atoms with Gasteiger partial charge in [-0.15, -0.1) is 0 Å². The lowest BCUT2D eigenvalue weighted by atomic mass is 9.95. The zero-order valence-electron chi connectivity index (χ0n) is 22.6. The van der Waals surface area contributed by atoms with Gasteiger partial charge in [0.2, 0.25) is 5.28 Å². The molecule has 2 aliphatic heterocycles. The molecule has 1 aliphatic carbocycles. The van der Waals surface area contributed by atoms with Crippen molar-refractivity contribution in [1.82, 2.24) is 14.9 Å². The van der Waals surface area contributed by atoms with Crippen molar-refractivity contribution in [3.63, 3.8) is 0 Å². The second-order valence-corrected chi connectivity index (χ2v) is 10.9. The molecule has 41 heavy (non-hydrogen) atoms. The number of fused-ring (bicyclic) bond motifs is 2. The first-order valence-corrected chi connectivity index (χ1v) is 14.3. The molecule has 0 radical (unpaired) electrons. The van der Waals surface area contributed by atoms with Gasteiger partial charge in [-0.1, -0.05) is 36.4 Å². The number of allylic oxidation sites excluding steroid dienone is 1. The third-order valence-corrected chi connectivity index (χ3v) is 8.15. The number of halogens is 2. The van der Waals surface area contributed by atoms with E-state index in [1.807, 2.05) is 42.5 Å². The third-order valence-electron chi connectivity index (χ3n) is 7.99. The average molecular weight is 573 g/mol. The van der Waals surface area contributed by atoms with Gasteiger partial charge in [0.1, 0.15) is 18.2 Å². The van der Waals surface area contributed by atoms with E-state index in [9.17, 15) is 14.4 Å². The molecule has 1 atom stereocenters. The maximum absolute atomic E-state index is 14.1. The van der Waals surface area contributed by atoms with Crippen LogP contribution in [0.3, 0.4) is 0 Å². The van der Waals surface area contributed by atoms with E-state index in [1.54, 1.807) is 11.0 Å². The smallest absolute Gasteiger partial charge is 0.410 e. The number of hydrogen-bond acceptors (Lipinski definition) is 7. The summed E-state index contributed by atoms with van der Waals surface area (Å²) in [5.41, 5.74) is 5.80. The molecule has 210 valence electrons. The molecule has 0 unspecified atom stereocenters. The molecule has 10 heteroatoms. The van der Waals surface area contributed by atoms with Gasteiger partial charge < -0.3 is 19.4 Å². The first-order valence-electron chi connectivity index (χ1n) is 13.9. The Morgan fingerprint density at radius 2 is 1.95 bits per heavy atom. The summed E-state index contributed by atoms with van der Waals surface area (Å²) in [4.78, 5) is 28.1. The fourth-order valence-electron chi connectivity index (χ4n) is 5.99. The number of carbonyl (C=O) groups is 1. The second-order valence-electron chi connectivity index (χ2n) is 10.5. The Kier molecular flexibility index (Phi) is 7.75. The minimum absolute atomic E-state index is 0.142. The van der Waals surface area contributed by atoms with Crippen LogP contribution < -0.4 is 9.80 Å². The SMILES string of the molecule is N#CC[C@H]1CN(c2nc(Cl)nc3c2CCC(N2CCCc4ccc(F)cc42)=C3)CCN1C(=O)OCc1ccccc1. The lowest BCUT2D eigenvalue weighted by Gasteiger charge is -2.41. The highest BCUT2D eigenvalue weighted by molar-refractivity contribution is 6.28. The van der Waals surface area contributed by atoms with Crippen LogP contribution in [0.25, 0.3) is 6.08 Å². The van der Waals surface area contributed by atoms with E-state index in [0.29, 0.717) is 26.1 Å². The number of hydrogen-bond donors (Lipinski definition) is 0. The number of carbonyl (C=O) groups excluding carboxylic acids is 1. The van der Waals surface area contributed by atoms with E-state index in [1.165, 1.54) is 6.07 Å². The number of amides is 1. The van der Waals surface area contributed by atoms with Crippen LogP contribution in [0.4, 0.5) is 20.7 Å². The maximum atomic E-state index is 14.1. The van der Waals surface area contributed by atoms with E-state index in [4.69, 9.17) is 16.3 Å². The summed E-state index contributed by atoms with van der Waals surface area (Å²) in [6.07, 6.45) is 5.18. The number of nitrogens with zero attached hydrogens (tertiary/aromatic N) is 6.